The van der Waals surface area contributed by atoms with E-state index >= 15 is 0 Å². The van der Waals surface area contributed by atoms with E-state index in [0.717, 1.165) is 17.9 Å². The van der Waals surface area contributed by atoms with Crippen LogP contribution in [0.5, 0.6) is 0 Å². The van der Waals surface area contributed by atoms with Gasteiger partial charge in [0.15, 0.2) is 0 Å². The largest absolute Gasteiger partial charge is 0.355 e. The highest BCUT2D eigenvalue weighted by Crippen LogP contribution is 2.17. The van der Waals surface area contributed by atoms with Crippen LogP contribution in [0.2, 0.25) is 0 Å². The van der Waals surface area contributed by atoms with Gasteiger partial charge in [0.05, 0.1) is 6.54 Å². The Labute approximate surface area is 141 Å². The zero-order valence-corrected chi connectivity index (χ0v) is 14.0. The summed E-state index contributed by atoms with van der Waals surface area (Å²) in [5.41, 5.74) is 2.11. The van der Waals surface area contributed by atoms with Crippen molar-refractivity contribution < 1.29 is 9.59 Å². The number of carbonyl (C=O) groups excluding carboxylic acids is 2. The highest BCUT2D eigenvalue weighted by Gasteiger charge is 2.10. The Kier molecular flexibility index (Phi) is 6.31. The summed E-state index contributed by atoms with van der Waals surface area (Å²) in [4.78, 5) is 29.0. The molecular weight excluding hydrogens is 304 g/mol. The number of nitrogens with one attached hydrogen (secondary N) is 2. The van der Waals surface area contributed by atoms with Crippen LogP contribution in [0.3, 0.4) is 0 Å². The van der Waals surface area contributed by atoms with Crippen LogP contribution < -0.4 is 15.5 Å². The Bertz CT molecular complexity index is 688. The van der Waals surface area contributed by atoms with Crippen molar-refractivity contribution in [2.45, 2.75) is 20.0 Å². The lowest BCUT2D eigenvalue weighted by Crippen LogP contribution is -2.35. The topological polar surface area (TPSA) is 74.3 Å². The first-order chi connectivity index (χ1) is 11.6. The maximum Gasteiger partial charge on any atom is 0.239 e. The average Bonchev–Trinajstić information content (AvgIpc) is 2.59. The molecule has 0 unspecified atom stereocenters. The summed E-state index contributed by atoms with van der Waals surface area (Å²) < 4.78 is 0. The molecule has 2 amide bonds. The van der Waals surface area contributed by atoms with Crippen LogP contribution in [-0.4, -0.2) is 30.4 Å². The number of hydrogen-bond acceptors (Lipinski definition) is 4. The summed E-state index contributed by atoms with van der Waals surface area (Å²) in [5, 5.41) is 5.27. The molecule has 0 aliphatic rings. The molecule has 6 nitrogen and oxygen atoms in total. The van der Waals surface area contributed by atoms with Gasteiger partial charge in [0.25, 0.3) is 0 Å². The lowest BCUT2D eigenvalue weighted by Gasteiger charge is -2.21. The van der Waals surface area contributed by atoms with Crippen molar-refractivity contribution >= 4 is 17.6 Å². The highest BCUT2D eigenvalue weighted by molar-refractivity contribution is 5.83. The Morgan fingerprint density at radius 1 is 1.08 bits per heavy atom. The quantitative estimate of drug-likeness (QED) is 0.808. The molecule has 126 valence electrons. The van der Waals surface area contributed by atoms with E-state index in [1.165, 1.54) is 12.5 Å². The number of benzene rings is 1. The lowest BCUT2D eigenvalue weighted by atomic mass is 10.2. The van der Waals surface area contributed by atoms with E-state index in [1.54, 1.807) is 6.20 Å². The van der Waals surface area contributed by atoms with Gasteiger partial charge >= 0.3 is 0 Å². The second-order valence-corrected chi connectivity index (χ2v) is 5.51. The summed E-state index contributed by atoms with van der Waals surface area (Å²) in [6.07, 6.45) is 1.74. The van der Waals surface area contributed by atoms with Crippen LogP contribution in [0.15, 0.2) is 48.7 Å². The van der Waals surface area contributed by atoms with Gasteiger partial charge in [-0.05, 0) is 11.6 Å². The van der Waals surface area contributed by atoms with Crippen molar-refractivity contribution in [3.8, 4) is 0 Å². The fraction of sp³-hybridized carbons (Fsp3) is 0.278. The summed E-state index contributed by atoms with van der Waals surface area (Å²) in [5.74, 6) is 0.363. The molecule has 24 heavy (non-hydrogen) atoms. The Balaban J connectivity index is 1.99. The molecule has 0 saturated carbocycles. The molecule has 2 aromatic rings. The Morgan fingerprint density at radius 3 is 2.54 bits per heavy atom. The molecule has 0 saturated heterocycles. The molecular formula is C18H22N4O2. The predicted octanol–water partition coefficient (Wildman–Crippen LogP) is 1.47. The van der Waals surface area contributed by atoms with Crippen molar-refractivity contribution in [3.63, 3.8) is 0 Å². The minimum Gasteiger partial charge on any atom is -0.355 e. The molecule has 1 aromatic carbocycles. The second kappa shape index (κ2) is 8.67. The molecule has 0 bridgehead atoms. The minimum atomic E-state index is -0.231. The maximum atomic E-state index is 11.7. The molecule has 1 aromatic heterocycles. The SMILES string of the molecule is CC(=O)NCC(=O)NCc1cccnc1N(C)Cc1ccccc1. The smallest absolute Gasteiger partial charge is 0.239 e. The third-order valence-corrected chi connectivity index (χ3v) is 3.47. The first kappa shape index (κ1) is 17.5. The molecule has 0 fully saturated rings. The van der Waals surface area contributed by atoms with E-state index in [2.05, 4.69) is 27.8 Å². The minimum absolute atomic E-state index is 0.0230. The number of anilines is 1. The lowest BCUT2D eigenvalue weighted by molar-refractivity contribution is -0.125. The Hall–Kier alpha value is -2.89. The van der Waals surface area contributed by atoms with Gasteiger partial charge in [0.1, 0.15) is 5.82 Å². The predicted molar refractivity (Wildman–Crippen MR) is 93.3 cm³/mol. The number of rotatable bonds is 7. The Morgan fingerprint density at radius 2 is 1.83 bits per heavy atom. The van der Waals surface area contributed by atoms with Crippen molar-refractivity contribution in [2.24, 2.45) is 0 Å². The fourth-order valence-corrected chi connectivity index (χ4v) is 2.31. The second-order valence-electron chi connectivity index (χ2n) is 5.51. The van der Waals surface area contributed by atoms with Gasteiger partial charge in [-0.3, -0.25) is 9.59 Å². The summed E-state index contributed by atoms with van der Waals surface area (Å²) >= 11 is 0. The molecule has 6 heteroatoms. The molecule has 1 heterocycles. The number of amides is 2. The average molecular weight is 326 g/mol. The first-order valence-electron chi connectivity index (χ1n) is 7.76. The van der Waals surface area contributed by atoms with Crippen molar-refractivity contribution in [1.82, 2.24) is 15.6 Å². The fourth-order valence-electron chi connectivity index (χ4n) is 2.31. The highest BCUT2D eigenvalue weighted by atomic mass is 16.2. The van der Waals surface area contributed by atoms with E-state index < -0.39 is 0 Å². The number of carbonyl (C=O) groups is 2. The molecule has 0 aliphatic heterocycles. The molecule has 0 aliphatic carbocycles. The van der Waals surface area contributed by atoms with Crippen molar-refractivity contribution in [1.29, 1.82) is 0 Å². The normalized spacial score (nSPS) is 10.1. The van der Waals surface area contributed by atoms with Crippen LogP contribution in [0, 0.1) is 0 Å². The first-order valence-corrected chi connectivity index (χ1v) is 7.76. The van der Waals surface area contributed by atoms with E-state index in [0.29, 0.717) is 6.54 Å². The monoisotopic (exact) mass is 326 g/mol. The van der Waals surface area contributed by atoms with Crippen LogP contribution in [0.4, 0.5) is 5.82 Å². The van der Waals surface area contributed by atoms with E-state index in [1.807, 2.05) is 42.3 Å². The van der Waals surface area contributed by atoms with Crippen LogP contribution in [0.1, 0.15) is 18.1 Å². The van der Waals surface area contributed by atoms with Crippen LogP contribution in [0.25, 0.3) is 0 Å². The van der Waals surface area contributed by atoms with Gasteiger partial charge in [0, 0.05) is 38.8 Å². The number of pyridine rings is 1. The zero-order chi connectivity index (χ0) is 17.4. The molecule has 0 radical (unpaired) electrons. The number of aromatic nitrogens is 1. The van der Waals surface area contributed by atoms with Crippen molar-refractivity contribution in [2.75, 3.05) is 18.5 Å². The van der Waals surface area contributed by atoms with Gasteiger partial charge in [-0.1, -0.05) is 36.4 Å². The van der Waals surface area contributed by atoms with Gasteiger partial charge in [-0.15, -0.1) is 0 Å². The molecule has 2 N–H and O–H groups in total. The van der Waals surface area contributed by atoms with E-state index in [9.17, 15) is 9.59 Å². The van der Waals surface area contributed by atoms with Gasteiger partial charge in [-0.25, -0.2) is 4.98 Å². The summed E-state index contributed by atoms with van der Waals surface area (Å²) in [6.45, 7) is 2.45. The standard InChI is InChI=1S/C18H22N4O2/c1-14(23)20-12-17(24)21-11-16-9-6-10-19-18(16)22(2)13-15-7-4-3-5-8-15/h3-10H,11-13H2,1-2H3,(H,20,23)(H,21,24). The van der Waals surface area contributed by atoms with E-state index in [4.69, 9.17) is 0 Å². The van der Waals surface area contributed by atoms with Crippen LogP contribution >= 0.6 is 0 Å². The van der Waals surface area contributed by atoms with E-state index in [-0.39, 0.29) is 18.4 Å². The van der Waals surface area contributed by atoms with Gasteiger partial charge < -0.3 is 15.5 Å². The van der Waals surface area contributed by atoms with Gasteiger partial charge in [-0.2, -0.15) is 0 Å². The molecule has 2 rings (SSSR count). The summed E-state index contributed by atoms with van der Waals surface area (Å²) in [6, 6.07) is 13.9. The number of nitrogens with zero attached hydrogens (tertiary/aromatic N) is 2. The summed E-state index contributed by atoms with van der Waals surface area (Å²) in [7, 11) is 1.97. The van der Waals surface area contributed by atoms with Crippen LogP contribution in [-0.2, 0) is 22.7 Å². The zero-order valence-electron chi connectivity index (χ0n) is 14.0. The third-order valence-electron chi connectivity index (χ3n) is 3.47. The maximum absolute atomic E-state index is 11.7. The number of hydrogen-bond donors (Lipinski definition) is 2. The van der Waals surface area contributed by atoms with Gasteiger partial charge in [0.2, 0.25) is 11.8 Å². The molecule has 0 atom stereocenters. The third kappa shape index (κ3) is 5.39. The molecule has 0 spiro atoms. The van der Waals surface area contributed by atoms with Crippen molar-refractivity contribution in [3.05, 3.63) is 59.8 Å².